The Balaban J connectivity index is 2.39. The van der Waals surface area contributed by atoms with E-state index in [0.29, 0.717) is 0 Å². The van der Waals surface area contributed by atoms with Crippen molar-refractivity contribution in [2.75, 3.05) is 7.11 Å². The maximum atomic E-state index is 14.3. The number of amides is 1. The maximum absolute atomic E-state index is 14.3. The summed E-state index contributed by atoms with van der Waals surface area (Å²) in [5.41, 5.74) is -4.42. The summed E-state index contributed by atoms with van der Waals surface area (Å²) < 4.78 is 62.4. The van der Waals surface area contributed by atoms with Crippen molar-refractivity contribution in [1.82, 2.24) is 5.32 Å². The van der Waals surface area contributed by atoms with Gasteiger partial charge in [-0.25, -0.2) is 9.38 Å². The summed E-state index contributed by atoms with van der Waals surface area (Å²) in [7, 11) is 1.25. The van der Waals surface area contributed by atoms with E-state index in [0.717, 1.165) is 12.1 Å². The van der Waals surface area contributed by atoms with Crippen LogP contribution in [0.3, 0.4) is 0 Å². The molecule has 0 radical (unpaired) electrons. The average Bonchev–Trinajstić information content (AvgIpc) is 3.05. The Morgan fingerprint density at radius 2 is 1.97 bits per heavy atom. The lowest BCUT2D eigenvalue weighted by molar-refractivity contribution is -0.235. The summed E-state index contributed by atoms with van der Waals surface area (Å²) in [5, 5.41) is 13.6. The molecule has 2 aromatic carbocycles. The molecular weight excluding hydrogens is 452 g/mol. The summed E-state index contributed by atoms with van der Waals surface area (Å²) in [6, 6.07) is 5.86. The number of fused-ring (bicyclic) bond motifs is 1. The van der Waals surface area contributed by atoms with Gasteiger partial charge in [0.1, 0.15) is 11.6 Å². The predicted molar refractivity (Wildman–Crippen MR) is 112 cm³/mol. The van der Waals surface area contributed by atoms with Crippen molar-refractivity contribution in [3.63, 3.8) is 0 Å². The summed E-state index contributed by atoms with van der Waals surface area (Å²) in [6.07, 6.45) is -5.85. The van der Waals surface area contributed by atoms with E-state index in [1.165, 1.54) is 39.2 Å². The Morgan fingerprint density at radius 1 is 1.28 bits per heavy atom. The molecule has 1 heterocycles. The largest absolute Gasteiger partial charge is 0.496 e. The zero-order valence-corrected chi connectivity index (χ0v) is 18.2. The molecule has 0 saturated carbocycles. The van der Waals surface area contributed by atoms with Gasteiger partial charge in [-0.15, -0.1) is 0 Å². The van der Waals surface area contributed by atoms with Crippen molar-refractivity contribution in [3.05, 3.63) is 57.9 Å². The van der Waals surface area contributed by atoms with E-state index in [2.05, 4.69) is 10.3 Å². The van der Waals surface area contributed by atoms with Crippen LogP contribution in [-0.4, -0.2) is 35.6 Å². The molecule has 1 atom stereocenters. The highest BCUT2D eigenvalue weighted by Gasteiger charge is 2.58. The number of aliphatic imine (C=N–C) groups is 1. The first-order valence-corrected chi connectivity index (χ1v) is 10.1. The highest BCUT2D eigenvalue weighted by Crippen LogP contribution is 2.42. The summed E-state index contributed by atoms with van der Waals surface area (Å²) in [6.45, 7) is 3.00. The molecule has 2 aromatic rings. The lowest BCUT2D eigenvalue weighted by Gasteiger charge is -2.34. The fourth-order valence-corrected chi connectivity index (χ4v) is 3.85. The summed E-state index contributed by atoms with van der Waals surface area (Å²) >= 11 is 6.04. The minimum atomic E-state index is -5.13. The fraction of sp³-hybridized carbons (Fsp3) is 0.364. The molecule has 5 nitrogen and oxygen atoms in total. The molecule has 32 heavy (non-hydrogen) atoms. The van der Waals surface area contributed by atoms with Gasteiger partial charge in [-0.05, 0) is 42.7 Å². The third-order valence-electron chi connectivity index (χ3n) is 5.07. The van der Waals surface area contributed by atoms with Gasteiger partial charge in [0.05, 0.1) is 18.5 Å². The van der Waals surface area contributed by atoms with Gasteiger partial charge in [-0.2, -0.15) is 13.2 Å². The number of carbonyl (C=O) groups is 1. The van der Waals surface area contributed by atoms with Crippen molar-refractivity contribution in [1.29, 1.82) is 0 Å². The third kappa shape index (κ3) is 4.45. The van der Waals surface area contributed by atoms with Crippen molar-refractivity contribution in [2.45, 2.75) is 38.6 Å². The Bertz CT molecular complexity index is 1090. The van der Waals surface area contributed by atoms with E-state index >= 15 is 0 Å². The van der Waals surface area contributed by atoms with Gasteiger partial charge in [-0.1, -0.05) is 25.4 Å². The number of aliphatic hydroxyl groups is 1. The van der Waals surface area contributed by atoms with E-state index in [4.69, 9.17) is 16.3 Å². The van der Waals surface area contributed by atoms with E-state index in [-0.39, 0.29) is 39.7 Å². The quantitative estimate of drug-likeness (QED) is 0.449. The number of nitrogens with one attached hydrogen (secondary N) is 1. The monoisotopic (exact) mass is 472 g/mol. The smallest absolute Gasteiger partial charge is 0.423 e. The van der Waals surface area contributed by atoms with Crippen LogP contribution < -0.4 is 10.1 Å². The number of benzene rings is 2. The molecule has 1 aliphatic rings. The maximum Gasteiger partial charge on any atom is 0.423 e. The molecule has 1 unspecified atom stereocenters. The summed E-state index contributed by atoms with van der Waals surface area (Å²) in [4.78, 5) is 16.1. The van der Waals surface area contributed by atoms with Gasteiger partial charge in [0.15, 0.2) is 0 Å². The standard InChI is InChI=1S/C22H21ClF4N2O3/c1-11(2)9-21(31,22(25,26)27)19(15-6-12(23)4-5-18(15)32-3)29-17-8-13(24)7-14-16(17)10-28-20(14)30/h4-8,11,31H,9-10H2,1-3H3,(H,28,30). The van der Waals surface area contributed by atoms with Crippen molar-refractivity contribution >= 4 is 28.9 Å². The molecule has 3 rings (SSSR count). The van der Waals surface area contributed by atoms with Crippen LogP contribution in [0.15, 0.2) is 35.3 Å². The Morgan fingerprint density at radius 3 is 2.56 bits per heavy atom. The van der Waals surface area contributed by atoms with Crippen LogP contribution >= 0.6 is 11.6 Å². The number of rotatable bonds is 6. The molecule has 172 valence electrons. The number of ether oxygens (including phenoxy) is 1. The second-order valence-electron chi connectivity index (χ2n) is 7.89. The topological polar surface area (TPSA) is 70.9 Å². The van der Waals surface area contributed by atoms with Crippen LogP contribution in [-0.2, 0) is 6.54 Å². The number of methoxy groups -OCH3 is 1. The lowest BCUT2D eigenvalue weighted by atomic mass is 9.83. The molecule has 0 spiro atoms. The van der Waals surface area contributed by atoms with Crippen LogP contribution in [0.2, 0.25) is 5.02 Å². The van der Waals surface area contributed by atoms with Crippen LogP contribution in [0.4, 0.5) is 23.2 Å². The molecule has 0 fully saturated rings. The van der Waals surface area contributed by atoms with Gasteiger partial charge in [0, 0.05) is 28.3 Å². The SMILES string of the molecule is COc1ccc(Cl)cc1C(=Nc1cc(F)cc2c1CNC2=O)C(O)(CC(C)C)C(F)(F)F. The van der Waals surface area contributed by atoms with Gasteiger partial charge in [0.2, 0.25) is 5.60 Å². The molecule has 0 aromatic heterocycles. The van der Waals surface area contributed by atoms with Crippen LogP contribution in [0, 0.1) is 11.7 Å². The summed E-state index contributed by atoms with van der Waals surface area (Å²) in [5.74, 6) is -2.01. The highest BCUT2D eigenvalue weighted by molar-refractivity contribution is 6.31. The first-order valence-electron chi connectivity index (χ1n) is 9.70. The molecule has 0 bridgehead atoms. The van der Waals surface area contributed by atoms with E-state index in [9.17, 15) is 27.5 Å². The molecular formula is C22H21ClF4N2O3. The minimum absolute atomic E-state index is 0.0122. The second kappa shape index (κ2) is 8.71. The Labute approximate surface area is 187 Å². The van der Waals surface area contributed by atoms with Crippen molar-refractivity contribution in [3.8, 4) is 5.75 Å². The first kappa shape index (κ1) is 24.0. The number of alkyl halides is 3. The molecule has 10 heteroatoms. The van der Waals surface area contributed by atoms with Crippen LogP contribution in [0.25, 0.3) is 0 Å². The van der Waals surface area contributed by atoms with Gasteiger partial charge in [0.25, 0.3) is 5.91 Å². The normalized spacial score (nSPS) is 16.1. The number of nitrogens with zero attached hydrogens (tertiary/aromatic N) is 1. The van der Waals surface area contributed by atoms with Crippen LogP contribution in [0.5, 0.6) is 5.75 Å². The van der Waals surface area contributed by atoms with E-state index < -0.39 is 41.6 Å². The second-order valence-corrected chi connectivity index (χ2v) is 8.33. The Kier molecular flexibility index (Phi) is 6.53. The van der Waals surface area contributed by atoms with Crippen molar-refractivity contribution < 1.29 is 32.2 Å². The van der Waals surface area contributed by atoms with Crippen molar-refractivity contribution in [2.24, 2.45) is 10.9 Å². The number of carbonyl (C=O) groups excluding carboxylic acids is 1. The van der Waals surface area contributed by atoms with Gasteiger partial charge >= 0.3 is 6.18 Å². The predicted octanol–water partition coefficient (Wildman–Crippen LogP) is 5.19. The molecule has 1 amide bonds. The molecule has 0 aliphatic carbocycles. The average molecular weight is 473 g/mol. The van der Waals surface area contributed by atoms with E-state index in [1.54, 1.807) is 0 Å². The van der Waals surface area contributed by atoms with Crippen LogP contribution in [0.1, 0.15) is 41.8 Å². The number of hydrogen-bond acceptors (Lipinski definition) is 4. The molecule has 2 N–H and O–H groups in total. The fourth-order valence-electron chi connectivity index (χ4n) is 3.67. The zero-order valence-electron chi connectivity index (χ0n) is 17.5. The van der Waals surface area contributed by atoms with Gasteiger partial charge < -0.3 is 15.2 Å². The Hall–Kier alpha value is -2.65. The minimum Gasteiger partial charge on any atom is -0.496 e. The van der Waals surface area contributed by atoms with Gasteiger partial charge in [-0.3, -0.25) is 4.79 Å². The first-order chi connectivity index (χ1) is 14.9. The lowest BCUT2D eigenvalue weighted by Crippen LogP contribution is -2.53. The zero-order chi connectivity index (χ0) is 23.8. The third-order valence-corrected chi connectivity index (χ3v) is 5.31. The molecule has 0 saturated heterocycles. The number of hydrogen-bond donors (Lipinski definition) is 2. The van der Waals surface area contributed by atoms with E-state index in [1.807, 2.05) is 0 Å². The molecule has 1 aliphatic heterocycles. The highest BCUT2D eigenvalue weighted by atomic mass is 35.5. The number of halogens is 5.